The molecular weight excluding hydrogens is 274 g/mol. The Bertz CT molecular complexity index is 867. The zero-order chi connectivity index (χ0) is 14.9. The monoisotopic (exact) mass is 291 g/mol. The van der Waals surface area contributed by atoms with Crippen LogP contribution in [0.3, 0.4) is 0 Å². The van der Waals surface area contributed by atoms with Crippen LogP contribution < -0.4 is 5.43 Å². The molecular formula is C19H17NO2. The lowest BCUT2D eigenvalue weighted by Crippen LogP contribution is -2.33. The molecule has 1 aromatic heterocycles. The van der Waals surface area contributed by atoms with Gasteiger partial charge in [-0.3, -0.25) is 9.69 Å². The summed E-state index contributed by atoms with van der Waals surface area (Å²) in [7, 11) is 0. The maximum Gasteiger partial charge on any atom is 0.197 e. The molecule has 2 heterocycles. The van der Waals surface area contributed by atoms with Gasteiger partial charge < -0.3 is 4.42 Å². The second kappa shape index (κ2) is 5.43. The summed E-state index contributed by atoms with van der Waals surface area (Å²) in [5, 5.41) is 0.683. The average molecular weight is 291 g/mol. The summed E-state index contributed by atoms with van der Waals surface area (Å²) in [5.41, 5.74) is 2.91. The van der Waals surface area contributed by atoms with Crippen molar-refractivity contribution in [3.8, 4) is 0 Å². The molecule has 3 nitrogen and oxygen atoms in total. The Kier molecular flexibility index (Phi) is 3.28. The molecule has 0 spiro atoms. The Morgan fingerprint density at radius 3 is 2.64 bits per heavy atom. The van der Waals surface area contributed by atoms with Crippen LogP contribution in [0.1, 0.15) is 16.9 Å². The molecule has 110 valence electrons. The highest BCUT2D eigenvalue weighted by Gasteiger charge is 2.22. The van der Waals surface area contributed by atoms with Crippen molar-refractivity contribution in [1.82, 2.24) is 4.90 Å². The van der Waals surface area contributed by atoms with E-state index in [9.17, 15) is 4.79 Å². The normalized spacial score (nSPS) is 14.9. The number of para-hydroxylation sites is 1. The highest BCUT2D eigenvalue weighted by molar-refractivity contribution is 5.77. The fourth-order valence-electron chi connectivity index (χ4n) is 3.13. The summed E-state index contributed by atoms with van der Waals surface area (Å²) in [6, 6.07) is 17.9. The van der Waals surface area contributed by atoms with Crippen LogP contribution >= 0.6 is 0 Å². The van der Waals surface area contributed by atoms with Gasteiger partial charge in [0.05, 0.1) is 10.9 Å². The first kappa shape index (κ1) is 13.3. The van der Waals surface area contributed by atoms with Crippen molar-refractivity contribution < 1.29 is 4.42 Å². The number of fused-ring (bicyclic) bond motifs is 2. The Hall–Kier alpha value is -2.39. The molecule has 0 radical (unpaired) electrons. The Labute approximate surface area is 128 Å². The van der Waals surface area contributed by atoms with Crippen LogP contribution in [0.15, 0.2) is 63.8 Å². The molecule has 0 bridgehead atoms. The minimum absolute atomic E-state index is 0.120. The second-order valence-electron chi connectivity index (χ2n) is 5.78. The van der Waals surface area contributed by atoms with Gasteiger partial charge in [-0.05, 0) is 17.7 Å². The molecule has 0 fully saturated rings. The molecule has 0 aliphatic carbocycles. The summed E-state index contributed by atoms with van der Waals surface area (Å²) in [6.07, 6.45) is 0.794. The zero-order valence-corrected chi connectivity index (χ0v) is 12.3. The standard InChI is InChI=1S/C19H17NO2/c21-19-15-8-4-5-9-17(15)22-18-10-11-20(13-16(18)19)12-14-6-2-1-3-7-14/h1-9H,10-13H2. The molecule has 1 aliphatic rings. The largest absolute Gasteiger partial charge is 0.460 e. The molecule has 3 heteroatoms. The number of hydrogen-bond donors (Lipinski definition) is 0. The van der Waals surface area contributed by atoms with Crippen molar-refractivity contribution in [2.24, 2.45) is 0 Å². The van der Waals surface area contributed by atoms with Gasteiger partial charge in [-0.2, -0.15) is 0 Å². The molecule has 0 unspecified atom stereocenters. The van der Waals surface area contributed by atoms with Gasteiger partial charge in [-0.15, -0.1) is 0 Å². The van der Waals surface area contributed by atoms with E-state index in [1.54, 1.807) is 0 Å². The van der Waals surface area contributed by atoms with Crippen LogP contribution in [0.2, 0.25) is 0 Å². The van der Waals surface area contributed by atoms with Gasteiger partial charge in [0.15, 0.2) is 5.43 Å². The van der Waals surface area contributed by atoms with Crippen LogP contribution in [-0.4, -0.2) is 11.4 Å². The van der Waals surface area contributed by atoms with Crippen LogP contribution in [0.4, 0.5) is 0 Å². The second-order valence-corrected chi connectivity index (χ2v) is 5.78. The SMILES string of the molecule is O=c1c2c(oc3ccccc13)CCN(Cc1ccccc1)C2. The lowest BCUT2D eigenvalue weighted by Gasteiger charge is -2.27. The number of rotatable bonds is 2. The lowest BCUT2D eigenvalue weighted by molar-refractivity contribution is 0.230. The molecule has 0 atom stereocenters. The van der Waals surface area contributed by atoms with Crippen molar-refractivity contribution in [2.45, 2.75) is 19.5 Å². The van der Waals surface area contributed by atoms with E-state index in [-0.39, 0.29) is 5.43 Å². The number of hydrogen-bond acceptors (Lipinski definition) is 3. The van der Waals surface area contributed by atoms with Crippen molar-refractivity contribution in [2.75, 3.05) is 6.54 Å². The maximum atomic E-state index is 12.7. The van der Waals surface area contributed by atoms with E-state index < -0.39 is 0 Å². The van der Waals surface area contributed by atoms with E-state index in [0.717, 1.165) is 30.8 Å². The third-order valence-corrected chi connectivity index (χ3v) is 4.26. The van der Waals surface area contributed by atoms with Gasteiger partial charge in [0.2, 0.25) is 0 Å². The Morgan fingerprint density at radius 1 is 1.00 bits per heavy atom. The predicted molar refractivity (Wildman–Crippen MR) is 86.7 cm³/mol. The highest BCUT2D eigenvalue weighted by Crippen LogP contribution is 2.22. The maximum absolute atomic E-state index is 12.7. The Morgan fingerprint density at radius 2 is 1.77 bits per heavy atom. The van der Waals surface area contributed by atoms with E-state index in [0.29, 0.717) is 17.5 Å². The number of nitrogens with zero attached hydrogens (tertiary/aromatic N) is 1. The summed E-state index contributed by atoms with van der Waals surface area (Å²) in [6.45, 7) is 2.45. The van der Waals surface area contributed by atoms with Crippen LogP contribution in [0.5, 0.6) is 0 Å². The third-order valence-electron chi connectivity index (χ3n) is 4.26. The van der Waals surface area contributed by atoms with Gasteiger partial charge >= 0.3 is 0 Å². The fraction of sp³-hybridized carbons (Fsp3) is 0.211. The molecule has 0 amide bonds. The third kappa shape index (κ3) is 2.34. The van der Waals surface area contributed by atoms with Gasteiger partial charge in [0.25, 0.3) is 0 Å². The van der Waals surface area contributed by atoms with Crippen LogP contribution in [0.25, 0.3) is 11.0 Å². The molecule has 4 rings (SSSR count). The fourth-order valence-corrected chi connectivity index (χ4v) is 3.13. The van der Waals surface area contributed by atoms with Gasteiger partial charge in [-0.25, -0.2) is 0 Å². The minimum atomic E-state index is 0.120. The molecule has 1 aliphatic heterocycles. The van der Waals surface area contributed by atoms with Crippen molar-refractivity contribution >= 4 is 11.0 Å². The quantitative estimate of drug-likeness (QED) is 0.726. The van der Waals surface area contributed by atoms with Crippen LogP contribution in [0, 0.1) is 0 Å². The zero-order valence-electron chi connectivity index (χ0n) is 12.3. The summed E-state index contributed by atoms with van der Waals surface area (Å²) >= 11 is 0. The van der Waals surface area contributed by atoms with Gasteiger partial charge in [0.1, 0.15) is 11.3 Å². The van der Waals surface area contributed by atoms with Gasteiger partial charge in [0, 0.05) is 26.1 Å². The summed E-state index contributed by atoms with van der Waals surface area (Å²) in [4.78, 5) is 15.0. The minimum Gasteiger partial charge on any atom is -0.460 e. The lowest BCUT2D eigenvalue weighted by atomic mass is 10.0. The summed E-state index contributed by atoms with van der Waals surface area (Å²) in [5.74, 6) is 0.855. The molecule has 2 aromatic carbocycles. The van der Waals surface area contributed by atoms with E-state index >= 15 is 0 Å². The predicted octanol–water partition coefficient (Wildman–Crippen LogP) is 3.35. The first-order chi connectivity index (χ1) is 10.8. The first-order valence-corrected chi connectivity index (χ1v) is 7.61. The molecule has 0 saturated carbocycles. The van der Waals surface area contributed by atoms with Crippen LogP contribution in [-0.2, 0) is 19.5 Å². The van der Waals surface area contributed by atoms with E-state index in [1.165, 1.54) is 5.56 Å². The average Bonchev–Trinajstić information content (AvgIpc) is 2.57. The van der Waals surface area contributed by atoms with Gasteiger partial charge in [-0.1, -0.05) is 42.5 Å². The smallest absolute Gasteiger partial charge is 0.197 e. The first-order valence-electron chi connectivity index (χ1n) is 7.61. The van der Waals surface area contributed by atoms with Crippen molar-refractivity contribution in [3.63, 3.8) is 0 Å². The van der Waals surface area contributed by atoms with E-state index in [1.807, 2.05) is 30.3 Å². The summed E-state index contributed by atoms with van der Waals surface area (Å²) < 4.78 is 5.94. The molecule has 0 N–H and O–H groups in total. The van der Waals surface area contributed by atoms with E-state index in [2.05, 4.69) is 29.2 Å². The molecule has 22 heavy (non-hydrogen) atoms. The van der Waals surface area contributed by atoms with Crippen molar-refractivity contribution in [1.29, 1.82) is 0 Å². The topological polar surface area (TPSA) is 33.5 Å². The molecule has 3 aromatic rings. The van der Waals surface area contributed by atoms with Crippen molar-refractivity contribution in [3.05, 3.63) is 81.7 Å². The van der Waals surface area contributed by atoms with E-state index in [4.69, 9.17) is 4.42 Å². The highest BCUT2D eigenvalue weighted by atomic mass is 16.3. The number of benzene rings is 2. The molecule has 0 saturated heterocycles. The Balaban J connectivity index is 1.68.